The fourth-order valence-corrected chi connectivity index (χ4v) is 6.54. The minimum absolute atomic E-state index is 0.0602. The highest BCUT2D eigenvalue weighted by molar-refractivity contribution is 6.33. The molecule has 4 rings (SSSR count). The maximum atomic E-state index is 14.1. The topological polar surface area (TPSA) is 108 Å². The van der Waals surface area contributed by atoms with Crippen LogP contribution < -0.4 is 10.6 Å². The molecule has 192 valence electrons. The number of nitrogens with one attached hydrogen (secondary N) is 2. The zero-order valence-electron chi connectivity index (χ0n) is 20.8. The number of hydrogen-bond acceptors (Lipinski definition) is 5. The Bertz CT molecular complexity index is 1000. The number of nitrogens with zero attached hydrogens (tertiary/aromatic N) is 1. The number of aliphatic hydroxyl groups is 1. The number of fused-ring (bicyclic) bond motifs is 1. The lowest BCUT2D eigenvalue weighted by Gasteiger charge is -2.39. The Morgan fingerprint density at radius 1 is 1.26 bits per heavy atom. The van der Waals surface area contributed by atoms with Crippen LogP contribution in [0.4, 0.5) is 5.69 Å². The second kappa shape index (κ2) is 9.71. The highest BCUT2D eigenvalue weighted by atomic mass is 35.5. The van der Waals surface area contributed by atoms with E-state index in [1.165, 1.54) is 4.90 Å². The highest BCUT2D eigenvalue weighted by Crippen LogP contribution is 2.63. The lowest BCUT2D eigenvalue weighted by molar-refractivity contribution is -0.149. The van der Waals surface area contributed by atoms with Crippen LogP contribution in [0.15, 0.2) is 24.3 Å². The van der Waals surface area contributed by atoms with E-state index in [9.17, 15) is 19.5 Å². The molecule has 9 heteroatoms. The van der Waals surface area contributed by atoms with E-state index in [1.54, 1.807) is 24.3 Å². The minimum Gasteiger partial charge on any atom is -0.394 e. The van der Waals surface area contributed by atoms with E-state index < -0.39 is 41.0 Å². The molecule has 1 spiro atoms. The van der Waals surface area contributed by atoms with E-state index in [4.69, 9.17) is 16.3 Å². The lowest BCUT2D eigenvalue weighted by atomic mass is 9.66. The molecule has 0 radical (unpaired) electrons. The van der Waals surface area contributed by atoms with E-state index in [-0.39, 0.29) is 24.3 Å². The molecule has 3 aliphatic heterocycles. The van der Waals surface area contributed by atoms with Gasteiger partial charge in [-0.05, 0) is 44.2 Å². The molecule has 7 atom stereocenters. The molecule has 3 fully saturated rings. The van der Waals surface area contributed by atoms with Crippen LogP contribution in [0.25, 0.3) is 0 Å². The number of para-hydroxylation sites is 1. The summed E-state index contributed by atoms with van der Waals surface area (Å²) in [6, 6.07) is 5.34. The number of hydrogen-bond donors (Lipinski definition) is 3. The van der Waals surface area contributed by atoms with Crippen molar-refractivity contribution in [2.75, 3.05) is 18.5 Å². The molecule has 35 heavy (non-hydrogen) atoms. The highest BCUT2D eigenvalue weighted by Gasteiger charge is 2.78. The van der Waals surface area contributed by atoms with Crippen molar-refractivity contribution < 1.29 is 24.2 Å². The number of halogens is 1. The molecular weight excluding hydrogens is 470 g/mol. The molecule has 3 heterocycles. The summed E-state index contributed by atoms with van der Waals surface area (Å²) in [6.07, 6.45) is 2.53. The SMILES string of the molecule is CCCNC(=O)[C@H]1[C@H]2C(=O)N([C@@H](CO)[C@@H](C)CC)C(C(=O)Nc3ccccc3Cl)C23CC[C@]1(C)O3. The van der Waals surface area contributed by atoms with Gasteiger partial charge in [-0.3, -0.25) is 14.4 Å². The summed E-state index contributed by atoms with van der Waals surface area (Å²) in [7, 11) is 0. The second-order valence-electron chi connectivity index (χ2n) is 10.4. The number of rotatable bonds is 9. The van der Waals surface area contributed by atoms with Gasteiger partial charge in [-0.2, -0.15) is 0 Å². The van der Waals surface area contributed by atoms with Crippen molar-refractivity contribution in [3.05, 3.63) is 29.3 Å². The number of carbonyl (C=O) groups excluding carboxylic acids is 3. The zero-order valence-corrected chi connectivity index (χ0v) is 21.6. The quantitative estimate of drug-likeness (QED) is 0.478. The van der Waals surface area contributed by atoms with Crippen molar-refractivity contribution in [2.45, 2.75) is 76.7 Å². The molecule has 0 aliphatic carbocycles. The summed E-state index contributed by atoms with van der Waals surface area (Å²) in [5.41, 5.74) is -1.55. The second-order valence-corrected chi connectivity index (χ2v) is 10.8. The van der Waals surface area contributed by atoms with Gasteiger partial charge < -0.3 is 25.4 Å². The third kappa shape index (κ3) is 4.03. The molecule has 1 aromatic rings. The van der Waals surface area contributed by atoms with Gasteiger partial charge in [0.25, 0.3) is 0 Å². The summed E-state index contributed by atoms with van der Waals surface area (Å²) >= 11 is 6.31. The smallest absolute Gasteiger partial charge is 0.250 e. The van der Waals surface area contributed by atoms with Gasteiger partial charge in [-0.25, -0.2) is 0 Å². The van der Waals surface area contributed by atoms with Crippen molar-refractivity contribution in [1.29, 1.82) is 0 Å². The number of benzene rings is 1. The number of amides is 3. The Morgan fingerprint density at radius 2 is 1.97 bits per heavy atom. The molecule has 3 amide bonds. The first-order valence-electron chi connectivity index (χ1n) is 12.6. The van der Waals surface area contributed by atoms with Gasteiger partial charge in [0.15, 0.2) is 0 Å². The van der Waals surface area contributed by atoms with E-state index in [1.807, 2.05) is 27.7 Å². The first kappa shape index (κ1) is 25.9. The van der Waals surface area contributed by atoms with Crippen LogP contribution >= 0.6 is 11.6 Å². The molecule has 1 aromatic carbocycles. The number of likely N-dealkylation sites (tertiary alicyclic amines) is 1. The molecule has 2 unspecified atom stereocenters. The third-order valence-electron chi connectivity index (χ3n) is 8.27. The van der Waals surface area contributed by atoms with Gasteiger partial charge in [0.05, 0.1) is 40.8 Å². The number of ether oxygens (including phenoxy) is 1. The first-order chi connectivity index (χ1) is 16.6. The van der Waals surface area contributed by atoms with Crippen LogP contribution in [0.5, 0.6) is 0 Å². The van der Waals surface area contributed by atoms with Gasteiger partial charge >= 0.3 is 0 Å². The molecule has 3 N–H and O–H groups in total. The summed E-state index contributed by atoms with van der Waals surface area (Å²) in [5.74, 6) is -2.50. The fourth-order valence-electron chi connectivity index (χ4n) is 6.36. The van der Waals surface area contributed by atoms with Crippen LogP contribution in [0.3, 0.4) is 0 Å². The maximum Gasteiger partial charge on any atom is 0.250 e. The summed E-state index contributed by atoms with van der Waals surface area (Å²) in [5, 5.41) is 16.6. The average Bonchev–Trinajstić information content (AvgIpc) is 3.40. The van der Waals surface area contributed by atoms with Gasteiger partial charge in [-0.15, -0.1) is 0 Å². The Labute approximate surface area is 211 Å². The predicted molar refractivity (Wildman–Crippen MR) is 133 cm³/mol. The minimum atomic E-state index is -1.15. The largest absolute Gasteiger partial charge is 0.394 e. The Balaban J connectivity index is 1.79. The molecule has 3 aliphatic rings. The van der Waals surface area contributed by atoms with E-state index in [0.29, 0.717) is 36.5 Å². The predicted octanol–water partition coefficient (Wildman–Crippen LogP) is 2.98. The Morgan fingerprint density at radius 3 is 2.60 bits per heavy atom. The van der Waals surface area contributed by atoms with Crippen LogP contribution in [-0.2, 0) is 19.1 Å². The Hall–Kier alpha value is -2.16. The first-order valence-corrected chi connectivity index (χ1v) is 13.0. The van der Waals surface area contributed by atoms with Gasteiger partial charge in [0.2, 0.25) is 17.7 Å². The zero-order chi connectivity index (χ0) is 25.5. The maximum absolute atomic E-state index is 14.1. The van der Waals surface area contributed by atoms with Crippen molar-refractivity contribution in [1.82, 2.24) is 10.2 Å². The lowest BCUT2D eigenvalue weighted by Crippen LogP contribution is -2.57. The number of aliphatic hydroxyl groups excluding tert-OH is 1. The molecule has 2 bridgehead atoms. The standard InChI is InChI=1S/C26H36ClN3O5/c1-5-13-28-22(32)19-20-24(34)30(18(14-31)15(3)6-2)21(26(20)12-11-25(19,4)35-26)23(33)29-17-10-8-7-9-16(17)27/h7-10,15,18-21,31H,5-6,11-14H2,1-4H3,(H,28,32)(H,29,33)/t15-,18-,19+,20-,21?,25-,26?/m0/s1. The van der Waals surface area contributed by atoms with Crippen LogP contribution in [0.1, 0.15) is 53.4 Å². The molecule has 0 aromatic heterocycles. The summed E-state index contributed by atoms with van der Waals surface area (Å²) < 4.78 is 6.60. The van der Waals surface area contributed by atoms with Crippen LogP contribution in [0, 0.1) is 17.8 Å². The molecule has 3 saturated heterocycles. The van der Waals surface area contributed by atoms with Crippen molar-refractivity contribution in [3.8, 4) is 0 Å². The van der Waals surface area contributed by atoms with Gasteiger partial charge in [0.1, 0.15) is 11.6 Å². The number of anilines is 1. The summed E-state index contributed by atoms with van der Waals surface area (Å²) in [6.45, 7) is 7.99. The monoisotopic (exact) mass is 505 g/mol. The van der Waals surface area contributed by atoms with Crippen molar-refractivity contribution >= 4 is 35.0 Å². The molecule has 0 saturated carbocycles. The van der Waals surface area contributed by atoms with Gasteiger partial charge in [-0.1, -0.05) is 50.9 Å². The normalized spacial score (nSPS) is 32.9. The summed E-state index contributed by atoms with van der Waals surface area (Å²) in [4.78, 5) is 42.8. The van der Waals surface area contributed by atoms with Crippen molar-refractivity contribution in [3.63, 3.8) is 0 Å². The fraction of sp³-hybridized carbons (Fsp3) is 0.654. The average molecular weight is 506 g/mol. The van der Waals surface area contributed by atoms with E-state index in [0.717, 1.165) is 6.42 Å². The Kier molecular flexibility index (Phi) is 7.19. The van der Waals surface area contributed by atoms with Crippen LogP contribution in [0.2, 0.25) is 5.02 Å². The van der Waals surface area contributed by atoms with Crippen molar-refractivity contribution in [2.24, 2.45) is 17.8 Å². The molecule has 8 nitrogen and oxygen atoms in total. The van der Waals surface area contributed by atoms with Crippen LogP contribution in [-0.4, -0.2) is 64.2 Å². The third-order valence-corrected chi connectivity index (χ3v) is 8.60. The van der Waals surface area contributed by atoms with Gasteiger partial charge in [0, 0.05) is 6.54 Å². The molecular formula is C26H36ClN3O5. The van der Waals surface area contributed by atoms with E-state index in [2.05, 4.69) is 10.6 Å². The number of carbonyl (C=O) groups is 3. The van der Waals surface area contributed by atoms with E-state index >= 15 is 0 Å².